The molecule has 2 amide bonds. The second kappa shape index (κ2) is 6.58. The molecule has 1 aromatic carbocycles. The number of benzene rings is 1. The molecule has 21 heavy (non-hydrogen) atoms. The van der Waals surface area contributed by atoms with Crippen molar-refractivity contribution in [1.82, 2.24) is 9.88 Å². The van der Waals surface area contributed by atoms with Crippen LogP contribution in [0.1, 0.15) is 16.1 Å². The van der Waals surface area contributed by atoms with E-state index in [0.717, 1.165) is 15.7 Å². The third-order valence-electron chi connectivity index (χ3n) is 3.05. The molecule has 0 aliphatic rings. The zero-order valence-electron chi connectivity index (χ0n) is 11.8. The number of hydrogen-bond donors (Lipinski definition) is 2. The average Bonchev–Trinajstić information content (AvgIpc) is 2.85. The minimum absolute atomic E-state index is 0.0699. The van der Waals surface area contributed by atoms with Gasteiger partial charge in [0.25, 0.3) is 5.91 Å². The third-order valence-corrected chi connectivity index (χ3v) is 3.54. The second-order valence-electron chi connectivity index (χ2n) is 4.69. The van der Waals surface area contributed by atoms with Gasteiger partial charge in [0.15, 0.2) is 0 Å². The van der Waals surface area contributed by atoms with Gasteiger partial charge in [0.2, 0.25) is 5.91 Å². The Hall–Kier alpha value is -2.08. The van der Waals surface area contributed by atoms with E-state index in [1.807, 2.05) is 25.1 Å². The van der Waals surface area contributed by atoms with Crippen molar-refractivity contribution in [2.75, 3.05) is 11.9 Å². The molecule has 0 radical (unpaired) electrons. The Morgan fingerprint density at radius 1 is 1.29 bits per heavy atom. The van der Waals surface area contributed by atoms with Crippen molar-refractivity contribution >= 4 is 33.4 Å². The number of aryl methyl sites for hydroxylation is 2. The summed E-state index contributed by atoms with van der Waals surface area (Å²) in [5.41, 5.74) is 2.20. The quantitative estimate of drug-likeness (QED) is 0.890. The molecule has 110 valence electrons. The van der Waals surface area contributed by atoms with E-state index in [4.69, 9.17) is 0 Å². The molecule has 0 atom stereocenters. The van der Waals surface area contributed by atoms with Crippen LogP contribution in [0.3, 0.4) is 0 Å². The Bertz CT molecular complexity index is 679. The highest BCUT2D eigenvalue weighted by Gasteiger charge is 2.11. The van der Waals surface area contributed by atoms with Crippen molar-refractivity contribution in [3.63, 3.8) is 0 Å². The van der Waals surface area contributed by atoms with Crippen molar-refractivity contribution < 1.29 is 9.59 Å². The van der Waals surface area contributed by atoms with Gasteiger partial charge in [-0.1, -0.05) is 15.9 Å². The summed E-state index contributed by atoms with van der Waals surface area (Å²) in [6.07, 6.45) is 1.78. The minimum atomic E-state index is -0.273. The molecule has 0 unspecified atom stereocenters. The first kappa shape index (κ1) is 15.3. The summed E-state index contributed by atoms with van der Waals surface area (Å²) in [5, 5.41) is 5.37. The van der Waals surface area contributed by atoms with Crippen molar-refractivity contribution in [3.05, 3.63) is 52.3 Å². The normalized spacial score (nSPS) is 10.2. The first-order chi connectivity index (χ1) is 9.97. The smallest absolute Gasteiger partial charge is 0.268 e. The Morgan fingerprint density at radius 3 is 2.67 bits per heavy atom. The maximum absolute atomic E-state index is 11.9. The summed E-state index contributed by atoms with van der Waals surface area (Å²) in [6, 6.07) is 9.06. The lowest BCUT2D eigenvalue weighted by atomic mass is 10.2. The van der Waals surface area contributed by atoms with Crippen molar-refractivity contribution in [2.45, 2.75) is 6.92 Å². The van der Waals surface area contributed by atoms with Crippen LogP contribution in [0.15, 0.2) is 41.0 Å². The average molecular weight is 350 g/mol. The number of hydrogen-bond acceptors (Lipinski definition) is 2. The molecule has 2 N–H and O–H groups in total. The Kier molecular flexibility index (Phi) is 4.80. The predicted octanol–water partition coefficient (Wildman–Crippen LogP) is 2.46. The van der Waals surface area contributed by atoms with Gasteiger partial charge < -0.3 is 15.2 Å². The van der Waals surface area contributed by atoms with E-state index in [-0.39, 0.29) is 18.4 Å². The van der Waals surface area contributed by atoms with Crippen LogP contribution in [-0.4, -0.2) is 22.9 Å². The van der Waals surface area contributed by atoms with Gasteiger partial charge in [-0.05, 0) is 42.8 Å². The molecule has 1 heterocycles. The SMILES string of the molecule is Cc1cc(Br)ccc1NC(=O)CNC(=O)c1cccn1C. The molecule has 2 rings (SSSR count). The number of aromatic nitrogens is 1. The highest BCUT2D eigenvalue weighted by atomic mass is 79.9. The van der Waals surface area contributed by atoms with Gasteiger partial charge in [0, 0.05) is 23.4 Å². The first-order valence-corrected chi connectivity index (χ1v) is 7.22. The van der Waals surface area contributed by atoms with Gasteiger partial charge in [-0.15, -0.1) is 0 Å². The molecular weight excluding hydrogens is 334 g/mol. The molecule has 5 nitrogen and oxygen atoms in total. The van der Waals surface area contributed by atoms with Crippen LogP contribution in [0.4, 0.5) is 5.69 Å². The molecule has 1 aromatic heterocycles. The van der Waals surface area contributed by atoms with Crippen LogP contribution >= 0.6 is 15.9 Å². The largest absolute Gasteiger partial charge is 0.347 e. The van der Waals surface area contributed by atoms with Gasteiger partial charge >= 0.3 is 0 Å². The number of nitrogens with zero attached hydrogens (tertiary/aromatic N) is 1. The van der Waals surface area contributed by atoms with Crippen LogP contribution in [0, 0.1) is 6.92 Å². The summed E-state index contributed by atoms with van der Waals surface area (Å²) in [6.45, 7) is 1.84. The van der Waals surface area contributed by atoms with E-state index in [0.29, 0.717) is 5.69 Å². The van der Waals surface area contributed by atoms with E-state index in [9.17, 15) is 9.59 Å². The molecule has 0 spiro atoms. The highest BCUT2D eigenvalue weighted by molar-refractivity contribution is 9.10. The molecule has 0 saturated carbocycles. The van der Waals surface area contributed by atoms with Crippen LogP contribution in [0.2, 0.25) is 0 Å². The third kappa shape index (κ3) is 3.95. The van der Waals surface area contributed by atoms with Crippen LogP contribution < -0.4 is 10.6 Å². The molecule has 0 saturated heterocycles. The first-order valence-electron chi connectivity index (χ1n) is 6.43. The monoisotopic (exact) mass is 349 g/mol. The van der Waals surface area contributed by atoms with Gasteiger partial charge in [-0.25, -0.2) is 0 Å². The number of carbonyl (C=O) groups is 2. The lowest BCUT2D eigenvalue weighted by molar-refractivity contribution is -0.115. The zero-order valence-corrected chi connectivity index (χ0v) is 13.4. The van der Waals surface area contributed by atoms with Gasteiger partial charge in [-0.3, -0.25) is 9.59 Å². The molecule has 2 aromatic rings. The summed E-state index contributed by atoms with van der Waals surface area (Å²) < 4.78 is 2.65. The maximum Gasteiger partial charge on any atom is 0.268 e. The lowest BCUT2D eigenvalue weighted by Crippen LogP contribution is -2.33. The Labute approximate surface area is 131 Å². The Balaban J connectivity index is 1.90. The van der Waals surface area contributed by atoms with E-state index < -0.39 is 0 Å². The number of rotatable bonds is 4. The lowest BCUT2D eigenvalue weighted by Gasteiger charge is -2.10. The van der Waals surface area contributed by atoms with Crippen LogP contribution in [0.25, 0.3) is 0 Å². The molecule has 6 heteroatoms. The minimum Gasteiger partial charge on any atom is -0.347 e. The van der Waals surface area contributed by atoms with Crippen molar-refractivity contribution in [2.24, 2.45) is 7.05 Å². The number of anilines is 1. The van der Waals surface area contributed by atoms with E-state index >= 15 is 0 Å². The summed E-state index contributed by atoms with van der Waals surface area (Å²) in [7, 11) is 1.78. The maximum atomic E-state index is 11.9. The molecular formula is C15H16BrN3O2. The summed E-state index contributed by atoms with van der Waals surface area (Å²) in [4.78, 5) is 23.7. The van der Waals surface area contributed by atoms with Gasteiger partial charge in [0.05, 0.1) is 6.54 Å². The number of carbonyl (C=O) groups excluding carboxylic acids is 2. The van der Waals surface area contributed by atoms with Crippen molar-refractivity contribution in [1.29, 1.82) is 0 Å². The van der Waals surface area contributed by atoms with Gasteiger partial charge in [-0.2, -0.15) is 0 Å². The molecule has 0 bridgehead atoms. The van der Waals surface area contributed by atoms with Crippen molar-refractivity contribution in [3.8, 4) is 0 Å². The zero-order chi connectivity index (χ0) is 15.4. The fraction of sp³-hybridized carbons (Fsp3) is 0.200. The fourth-order valence-electron chi connectivity index (χ4n) is 1.91. The highest BCUT2D eigenvalue weighted by Crippen LogP contribution is 2.19. The van der Waals surface area contributed by atoms with Gasteiger partial charge in [0.1, 0.15) is 5.69 Å². The number of nitrogens with one attached hydrogen (secondary N) is 2. The number of amides is 2. The topological polar surface area (TPSA) is 63.1 Å². The predicted molar refractivity (Wildman–Crippen MR) is 85.3 cm³/mol. The standard InChI is InChI=1S/C15H16BrN3O2/c1-10-8-11(16)5-6-12(10)18-14(20)9-17-15(21)13-4-3-7-19(13)2/h3-8H,9H2,1-2H3,(H,17,21)(H,18,20). The molecule has 0 aliphatic heterocycles. The number of halogens is 1. The second-order valence-corrected chi connectivity index (χ2v) is 5.61. The Morgan fingerprint density at radius 2 is 2.05 bits per heavy atom. The fourth-order valence-corrected chi connectivity index (χ4v) is 2.39. The van der Waals surface area contributed by atoms with Crippen LogP contribution in [0.5, 0.6) is 0 Å². The molecule has 0 fully saturated rings. The molecule has 0 aliphatic carbocycles. The van der Waals surface area contributed by atoms with E-state index in [1.54, 1.807) is 29.9 Å². The summed E-state index contributed by atoms with van der Waals surface area (Å²) >= 11 is 3.37. The van der Waals surface area contributed by atoms with E-state index in [2.05, 4.69) is 26.6 Å². The summed E-state index contributed by atoms with van der Waals surface area (Å²) in [5.74, 6) is -0.534. The van der Waals surface area contributed by atoms with E-state index in [1.165, 1.54) is 0 Å². The van der Waals surface area contributed by atoms with Crippen LogP contribution in [-0.2, 0) is 11.8 Å².